The normalized spacial score (nSPS) is 10.2. The van der Waals surface area contributed by atoms with Gasteiger partial charge in [0.15, 0.2) is 0 Å². The summed E-state index contributed by atoms with van der Waals surface area (Å²) < 4.78 is 0. The SMILES string of the molecule is Cc1cc(NC(=O)c2cccc(=O)[nH]2)sc1C(=O)O. The van der Waals surface area contributed by atoms with E-state index in [-0.39, 0.29) is 16.1 Å². The second-order valence-electron chi connectivity index (χ2n) is 3.81. The molecule has 0 saturated heterocycles. The number of thiophene rings is 1. The predicted molar refractivity (Wildman–Crippen MR) is 71.0 cm³/mol. The molecule has 0 fully saturated rings. The summed E-state index contributed by atoms with van der Waals surface area (Å²) in [6, 6.07) is 5.81. The van der Waals surface area contributed by atoms with Crippen LogP contribution in [-0.2, 0) is 0 Å². The topological polar surface area (TPSA) is 99.3 Å². The van der Waals surface area contributed by atoms with Gasteiger partial charge in [-0.05, 0) is 24.6 Å². The zero-order chi connectivity index (χ0) is 14.0. The number of pyridine rings is 1. The number of rotatable bonds is 3. The summed E-state index contributed by atoms with van der Waals surface area (Å²) >= 11 is 0.971. The number of anilines is 1. The molecule has 0 unspecified atom stereocenters. The van der Waals surface area contributed by atoms with Crippen LogP contribution < -0.4 is 10.9 Å². The van der Waals surface area contributed by atoms with Crippen LogP contribution in [0.2, 0.25) is 0 Å². The lowest BCUT2D eigenvalue weighted by Gasteiger charge is -2.01. The van der Waals surface area contributed by atoms with Crippen molar-refractivity contribution in [3.63, 3.8) is 0 Å². The van der Waals surface area contributed by atoms with Crippen LogP contribution >= 0.6 is 11.3 Å². The number of carbonyl (C=O) groups excluding carboxylic acids is 1. The fourth-order valence-electron chi connectivity index (χ4n) is 1.52. The first-order chi connectivity index (χ1) is 8.97. The number of carboxylic acid groups (broad SMARTS) is 1. The number of aromatic amines is 1. The standard InChI is InChI=1S/C12H10N2O4S/c1-6-5-9(19-10(6)12(17)18)14-11(16)7-3-2-4-8(15)13-7/h2-5H,1H3,(H,13,15)(H,14,16)(H,17,18). The number of aromatic nitrogens is 1. The predicted octanol–water partition coefficient (Wildman–Crippen LogP) is 1.70. The van der Waals surface area contributed by atoms with Gasteiger partial charge < -0.3 is 15.4 Å². The molecule has 0 saturated carbocycles. The molecular formula is C12H10N2O4S. The van der Waals surface area contributed by atoms with Gasteiger partial charge in [-0.3, -0.25) is 9.59 Å². The van der Waals surface area contributed by atoms with Crippen LogP contribution in [0.15, 0.2) is 29.1 Å². The molecule has 0 radical (unpaired) electrons. The van der Waals surface area contributed by atoms with Gasteiger partial charge in [0.2, 0.25) is 5.56 Å². The summed E-state index contributed by atoms with van der Waals surface area (Å²) in [6.07, 6.45) is 0. The van der Waals surface area contributed by atoms with E-state index in [4.69, 9.17) is 5.11 Å². The number of aryl methyl sites for hydroxylation is 1. The summed E-state index contributed by atoms with van der Waals surface area (Å²) in [5.74, 6) is -1.52. The molecule has 0 atom stereocenters. The van der Waals surface area contributed by atoms with Crippen molar-refractivity contribution in [3.8, 4) is 0 Å². The Kier molecular flexibility index (Phi) is 3.48. The Morgan fingerprint density at radius 2 is 2.11 bits per heavy atom. The first-order valence-electron chi connectivity index (χ1n) is 5.32. The molecule has 2 rings (SSSR count). The van der Waals surface area contributed by atoms with Crippen molar-refractivity contribution in [2.24, 2.45) is 0 Å². The zero-order valence-electron chi connectivity index (χ0n) is 9.89. The van der Waals surface area contributed by atoms with E-state index in [1.807, 2.05) is 0 Å². The Hall–Kier alpha value is -2.41. The van der Waals surface area contributed by atoms with Crippen LogP contribution in [-0.4, -0.2) is 22.0 Å². The minimum atomic E-state index is -1.03. The molecular weight excluding hydrogens is 268 g/mol. The molecule has 0 aliphatic heterocycles. The summed E-state index contributed by atoms with van der Waals surface area (Å²) in [5, 5.41) is 11.9. The number of amides is 1. The van der Waals surface area contributed by atoms with Crippen LogP contribution in [0.3, 0.4) is 0 Å². The van der Waals surface area contributed by atoms with Crippen LogP contribution in [0, 0.1) is 6.92 Å². The highest BCUT2D eigenvalue weighted by molar-refractivity contribution is 7.18. The zero-order valence-corrected chi connectivity index (χ0v) is 10.7. The molecule has 1 amide bonds. The molecule has 3 N–H and O–H groups in total. The van der Waals surface area contributed by atoms with Gasteiger partial charge in [0.05, 0.1) is 5.00 Å². The number of carboxylic acids is 1. The second kappa shape index (κ2) is 5.07. The van der Waals surface area contributed by atoms with E-state index >= 15 is 0 Å². The molecule has 0 aliphatic rings. The van der Waals surface area contributed by atoms with E-state index in [1.54, 1.807) is 13.0 Å². The minimum Gasteiger partial charge on any atom is -0.477 e. The number of hydrogen-bond acceptors (Lipinski definition) is 4. The maximum Gasteiger partial charge on any atom is 0.346 e. The molecule has 2 aromatic rings. The monoisotopic (exact) mass is 278 g/mol. The lowest BCUT2D eigenvalue weighted by molar-refractivity contribution is 0.0701. The first kappa shape index (κ1) is 13.0. The number of nitrogens with one attached hydrogen (secondary N) is 2. The van der Waals surface area contributed by atoms with E-state index in [1.165, 1.54) is 18.2 Å². The quantitative estimate of drug-likeness (QED) is 0.795. The van der Waals surface area contributed by atoms with Gasteiger partial charge in [-0.1, -0.05) is 6.07 Å². The molecule has 2 aromatic heterocycles. The highest BCUT2D eigenvalue weighted by atomic mass is 32.1. The largest absolute Gasteiger partial charge is 0.477 e. The van der Waals surface area contributed by atoms with Gasteiger partial charge in [0.25, 0.3) is 5.91 Å². The fraction of sp³-hybridized carbons (Fsp3) is 0.0833. The minimum absolute atomic E-state index is 0.121. The average Bonchev–Trinajstić information content (AvgIpc) is 2.70. The van der Waals surface area contributed by atoms with Crippen molar-refractivity contribution >= 4 is 28.2 Å². The van der Waals surface area contributed by atoms with Crippen LogP contribution in [0.25, 0.3) is 0 Å². The summed E-state index contributed by atoms with van der Waals surface area (Å²) in [7, 11) is 0. The third-order valence-electron chi connectivity index (χ3n) is 2.36. The lowest BCUT2D eigenvalue weighted by atomic mass is 10.3. The van der Waals surface area contributed by atoms with Gasteiger partial charge in [0, 0.05) is 6.07 Å². The Balaban J connectivity index is 2.22. The van der Waals surface area contributed by atoms with Crippen molar-refractivity contribution in [1.29, 1.82) is 0 Å². The van der Waals surface area contributed by atoms with Crippen LogP contribution in [0.4, 0.5) is 5.00 Å². The molecule has 2 heterocycles. The molecule has 98 valence electrons. The number of aromatic carboxylic acids is 1. The molecule has 19 heavy (non-hydrogen) atoms. The fourth-order valence-corrected chi connectivity index (χ4v) is 2.42. The van der Waals surface area contributed by atoms with E-state index in [2.05, 4.69) is 10.3 Å². The van der Waals surface area contributed by atoms with Gasteiger partial charge in [-0.15, -0.1) is 11.3 Å². The third-order valence-corrected chi connectivity index (χ3v) is 3.50. The molecule has 7 heteroatoms. The van der Waals surface area contributed by atoms with Crippen molar-refractivity contribution < 1.29 is 14.7 Å². The Bertz CT molecular complexity index is 702. The van der Waals surface area contributed by atoms with Gasteiger partial charge in [-0.2, -0.15) is 0 Å². The van der Waals surface area contributed by atoms with Gasteiger partial charge in [0.1, 0.15) is 10.6 Å². The van der Waals surface area contributed by atoms with E-state index in [0.29, 0.717) is 10.6 Å². The molecule has 0 spiro atoms. The Labute approximate surface area is 111 Å². The average molecular weight is 278 g/mol. The summed E-state index contributed by atoms with van der Waals surface area (Å²) in [5.41, 5.74) is 0.325. The maximum atomic E-state index is 11.8. The van der Waals surface area contributed by atoms with E-state index in [9.17, 15) is 14.4 Å². The molecule has 0 bridgehead atoms. The molecule has 0 aliphatic carbocycles. The van der Waals surface area contributed by atoms with Crippen molar-refractivity contribution in [1.82, 2.24) is 4.98 Å². The van der Waals surface area contributed by atoms with E-state index in [0.717, 1.165) is 11.3 Å². The number of H-pyrrole nitrogens is 1. The van der Waals surface area contributed by atoms with Gasteiger partial charge >= 0.3 is 5.97 Å². The lowest BCUT2D eigenvalue weighted by Crippen LogP contribution is -2.17. The summed E-state index contributed by atoms with van der Waals surface area (Å²) in [6.45, 7) is 1.65. The molecule has 6 nitrogen and oxygen atoms in total. The second-order valence-corrected chi connectivity index (χ2v) is 4.86. The van der Waals surface area contributed by atoms with Crippen molar-refractivity contribution in [3.05, 3.63) is 50.8 Å². The highest BCUT2D eigenvalue weighted by Gasteiger charge is 2.14. The molecule has 0 aromatic carbocycles. The number of hydrogen-bond donors (Lipinski definition) is 3. The highest BCUT2D eigenvalue weighted by Crippen LogP contribution is 2.26. The van der Waals surface area contributed by atoms with E-state index < -0.39 is 11.9 Å². The van der Waals surface area contributed by atoms with Crippen LogP contribution in [0.1, 0.15) is 25.7 Å². The van der Waals surface area contributed by atoms with Gasteiger partial charge in [-0.25, -0.2) is 4.79 Å². The smallest absolute Gasteiger partial charge is 0.346 e. The van der Waals surface area contributed by atoms with Crippen LogP contribution in [0.5, 0.6) is 0 Å². The van der Waals surface area contributed by atoms with Crippen molar-refractivity contribution in [2.45, 2.75) is 6.92 Å². The Morgan fingerprint density at radius 1 is 1.37 bits per heavy atom. The first-order valence-corrected chi connectivity index (χ1v) is 6.13. The third kappa shape index (κ3) is 2.89. The number of carbonyl (C=O) groups is 2. The van der Waals surface area contributed by atoms with Crippen molar-refractivity contribution in [2.75, 3.05) is 5.32 Å². The summed E-state index contributed by atoms with van der Waals surface area (Å²) in [4.78, 5) is 36.4. The Morgan fingerprint density at radius 3 is 2.68 bits per heavy atom. The maximum absolute atomic E-state index is 11.8.